The maximum absolute atomic E-state index is 6.38. The van der Waals surface area contributed by atoms with Gasteiger partial charge in [-0.1, -0.05) is 20.8 Å². The van der Waals surface area contributed by atoms with Crippen molar-refractivity contribution in [3.8, 4) is 0 Å². The second-order valence-corrected chi connectivity index (χ2v) is 6.49. The first-order valence-corrected chi connectivity index (χ1v) is 6.51. The summed E-state index contributed by atoms with van der Waals surface area (Å²) in [5.41, 5.74) is 0.433. The van der Waals surface area contributed by atoms with Crippen LogP contribution >= 0.6 is 11.6 Å². The molecule has 1 rings (SSSR count). The number of hydrogen-bond acceptors (Lipinski definition) is 1. The van der Waals surface area contributed by atoms with Gasteiger partial charge in [0, 0.05) is 19.1 Å². The first-order chi connectivity index (χ1) is 6.95. The van der Waals surface area contributed by atoms with Crippen LogP contribution in [0, 0.1) is 17.3 Å². The molecule has 1 aliphatic rings. The molecule has 3 unspecified atom stereocenters. The van der Waals surface area contributed by atoms with E-state index in [4.69, 9.17) is 16.3 Å². The summed E-state index contributed by atoms with van der Waals surface area (Å²) in [4.78, 5) is 0. The van der Waals surface area contributed by atoms with Crippen LogP contribution in [0.25, 0.3) is 0 Å². The Hall–Kier alpha value is 0.250. The Kier molecular flexibility index (Phi) is 4.92. The van der Waals surface area contributed by atoms with Crippen molar-refractivity contribution in [2.24, 2.45) is 17.3 Å². The van der Waals surface area contributed by atoms with Crippen molar-refractivity contribution in [2.45, 2.75) is 51.8 Å². The molecule has 0 aromatic heterocycles. The Labute approximate surface area is 99.5 Å². The zero-order valence-electron chi connectivity index (χ0n) is 10.6. The van der Waals surface area contributed by atoms with E-state index >= 15 is 0 Å². The molecule has 0 bridgehead atoms. The molecule has 0 heterocycles. The molecule has 15 heavy (non-hydrogen) atoms. The van der Waals surface area contributed by atoms with Crippen LogP contribution < -0.4 is 0 Å². The summed E-state index contributed by atoms with van der Waals surface area (Å²) in [6.45, 7) is 7.89. The molecule has 0 aromatic carbocycles. The molecule has 0 N–H and O–H groups in total. The van der Waals surface area contributed by atoms with E-state index in [0.29, 0.717) is 16.7 Å². The van der Waals surface area contributed by atoms with Gasteiger partial charge in [0.2, 0.25) is 0 Å². The van der Waals surface area contributed by atoms with E-state index in [-0.39, 0.29) is 0 Å². The van der Waals surface area contributed by atoms with E-state index in [9.17, 15) is 0 Å². The second kappa shape index (κ2) is 5.54. The summed E-state index contributed by atoms with van der Waals surface area (Å²) in [6, 6.07) is 0. The summed E-state index contributed by atoms with van der Waals surface area (Å²) >= 11 is 6.38. The standard InChI is InChI=1S/C13H25ClO/c1-13(2,3)11-5-6-12(14)10(9-11)7-8-15-4/h10-12H,5-9H2,1-4H3. The summed E-state index contributed by atoms with van der Waals surface area (Å²) < 4.78 is 5.16. The summed E-state index contributed by atoms with van der Waals surface area (Å²) in [5, 5.41) is 0.374. The molecule has 0 aliphatic heterocycles. The molecule has 1 aliphatic carbocycles. The maximum Gasteiger partial charge on any atom is 0.0465 e. The number of methoxy groups -OCH3 is 1. The third kappa shape index (κ3) is 3.96. The lowest BCUT2D eigenvalue weighted by atomic mass is 9.68. The van der Waals surface area contributed by atoms with Crippen molar-refractivity contribution in [1.82, 2.24) is 0 Å². The zero-order valence-corrected chi connectivity index (χ0v) is 11.3. The summed E-state index contributed by atoms with van der Waals surface area (Å²) in [6.07, 6.45) is 4.87. The van der Waals surface area contributed by atoms with E-state index in [1.807, 2.05) is 0 Å². The second-order valence-electron chi connectivity index (χ2n) is 5.93. The highest BCUT2D eigenvalue weighted by Crippen LogP contribution is 2.42. The van der Waals surface area contributed by atoms with E-state index < -0.39 is 0 Å². The van der Waals surface area contributed by atoms with Gasteiger partial charge < -0.3 is 4.74 Å². The van der Waals surface area contributed by atoms with Gasteiger partial charge in [-0.2, -0.15) is 0 Å². The fourth-order valence-corrected chi connectivity index (χ4v) is 2.94. The average Bonchev–Trinajstić information content (AvgIpc) is 2.15. The van der Waals surface area contributed by atoms with Crippen LogP contribution in [-0.2, 0) is 4.74 Å². The molecule has 0 saturated heterocycles. The van der Waals surface area contributed by atoms with Crippen LogP contribution in [0.3, 0.4) is 0 Å². The van der Waals surface area contributed by atoms with Crippen LogP contribution in [0.15, 0.2) is 0 Å². The van der Waals surface area contributed by atoms with Gasteiger partial charge in [-0.25, -0.2) is 0 Å². The number of rotatable bonds is 3. The van der Waals surface area contributed by atoms with Crippen molar-refractivity contribution in [3.63, 3.8) is 0 Å². The number of ether oxygens (including phenoxy) is 1. The van der Waals surface area contributed by atoms with Gasteiger partial charge in [-0.3, -0.25) is 0 Å². The molecule has 2 heteroatoms. The number of hydrogen-bond donors (Lipinski definition) is 0. The molecule has 3 atom stereocenters. The smallest absolute Gasteiger partial charge is 0.0465 e. The predicted octanol–water partition coefficient (Wildman–Crippen LogP) is 4.09. The largest absolute Gasteiger partial charge is 0.385 e. The number of alkyl halides is 1. The Bertz CT molecular complexity index is 185. The van der Waals surface area contributed by atoms with Crippen LogP contribution in [0.5, 0.6) is 0 Å². The topological polar surface area (TPSA) is 9.23 Å². The van der Waals surface area contributed by atoms with Crippen molar-refractivity contribution in [1.29, 1.82) is 0 Å². The normalized spacial score (nSPS) is 33.0. The molecule has 1 saturated carbocycles. The molecule has 0 aromatic rings. The Morgan fingerprint density at radius 2 is 1.93 bits per heavy atom. The molecular weight excluding hydrogens is 208 g/mol. The van der Waals surface area contributed by atoms with Gasteiger partial charge in [0.05, 0.1) is 0 Å². The van der Waals surface area contributed by atoms with Crippen molar-refractivity contribution >= 4 is 11.6 Å². The minimum Gasteiger partial charge on any atom is -0.385 e. The average molecular weight is 233 g/mol. The van der Waals surface area contributed by atoms with Gasteiger partial charge in [0.15, 0.2) is 0 Å². The molecule has 0 spiro atoms. The minimum absolute atomic E-state index is 0.374. The highest BCUT2D eigenvalue weighted by atomic mass is 35.5. The Morgan fingerprint density at radius 3 is 2.47 bits per heavy atom. The van der Waals surface area contributed by atoms with Crippen LogP contribution in [0.4, 0.5) is 0 Å². The molecule has 90 valence electrons. The van der Waals surface area contributed by atoms with Gasteiger partial charge in [0.1, 0.15) is 0 Å². The first kappa shape index (κ1) is 13.3. The SMILES string of the molecule is COCCC1CC(C(C)(C)C)CCC1Cl. The lowest BCUT2D eigenvalue weighted by molar-refractivity contribution is 0.114. The molecule has 1 nitrogen and oxygen atoms in total. The van der Waals surface area contributed by atoms with Crippen molar-refractivity contribution in [3.05, 3.63) is 0 Å². The van der Waals surface area contributed by atoms with E-state index in [1.165, 1.54) is 19.3 Å². The van der Waals surface area contributed by atoms with Crippen LogP contribution in [-0.4, -0.2) is 19.1 Å². The predicted molar refractivity (Wildman–Crippen MR) is 66.4 cm³/mol. The third-order valence-electron chi connectivity index (χ3n) is 3.81. The lowest BCUT2D eigenvalue weighted by Gasteiger charge is -2.40. The molecule has 1 fully saturated rings. The fourth-order valence-electron chi connectivity index (χ4n) is 2.58. The minimum atomic E-state index is 0.374. The monoisotopic (exact) mass is 232 g/mol. The van der Waals surface area contributed by atoms with Crippen LogP contribution in [0.1, 0.15) is 46.5 Å². The van der Waals surface area contributed by atoms with E-state index in [1.54, 1.807) is 7.11 Å². The molecule has 0 radical (unpaired) electrons. The highest BCUT2D eigenvalue weighted by Gasteiger charge is 2.34. The van der Waals surface area contributed by atoms with E-state index in [2.05, 4.69) is 20.8 Å². The van der Waals surface area contributed by atoms with E-state index in [0.717, 1.165) is 18.9 Å². The van der Waals surface area contributed by atoms with Gasteiger partial charge in [0.25, 0.3) is 0 Å². The van der Waals surface area contributed by atoms with Crippen molar-refractivity contribution in [2.75, 3.05) is 13.7 Å². The molecular formula is C13H25ClO. The highest BCUT2D eigenvalue weighted by molar-refractivity contribution is 6.20. The third-order valence-corrected chi connectivity index (χ3v) is 4.38. The Balaban J connectivity index is 2.48. The van der Waals surface area contributed by atoms with Crippen molar-refractivity contribution < 1.29 is 4.74 Å². The quantitative estimate of drug-likeness (QED) is 0.666. The first-order valence-electron chi connectivity index (χ1n) is 6.08. The van der Waals surface area contributed by atoms with Crippen LogP contribution in [0.2, 0.25) is 0 Å². The Morgan fingerprint density at radius 1 is 1.27 bits per heavy atom. The fraction of sp³-hybridized carbons (Fsp3) is 1.00. The molecule has 0 amide bonds. The van der Waals surface area contributed by atoms with Gasteiger partial charge in [-0.15, -0.1) is 11.6 Å². The van der Waals surface area contributed by atoms with Gasteiger partial charge in [-0.05, 0) is 42.9 Å². The lowest BCUT2D eigenvalue weighted by Crippen LogP contribution is -2.32. The summed E-state index contributed by atoms with van der Waals surface area (Å²) in [5.74, 6) is 1.49. The maximum atomic E-state index is 6.38. The van der Waals surface area contributed by atoms with Gasteiger partial charge >= 0.3 is 0 Å². The number of halogens is 1. The zero-order chi connectivity index (χ0) is 11.5. The summed E-state index contributed by atoms with van der Waals surface area (Å²) in [7, 11) is 1.77.